The van der Waals surface area contributed by atoms with E-state index >= 15 is 0 Å². The molecule has 0 amide bonds. The average molecular weight is 262 g/mol. The summed E-state index contributed by atoms with van der Waals surface area (Å²) in [7, 11) is 0. The van der Waals surface area contributed by atoms with Crippen LogP contribution in [0.5, 0.6) is 0 Å². The second-order valence-corrected chi connectivity index (χ2v) is 3.75. The molecule has 0 fully saturated rings. The number of nitrogens with one attached hydrogen (secondary N) is 1. The monoisotopic (exact) mass is 262 g/mol. The molecule has 0 saturated heterocycles. The van der Waals surface area contributed by atoms with Gasteiger partial charge in [-0.2, -0.15) is 13.2 Å². The van der Waals surface area contributed by atoms with Crippen LogP contribution in [0.2, 0.25) is 0 Å². The molecule has 0 radical (unpaired) electrons. The van der Waals surface area contributed by atoms with Gasteiger partial charge in [0.1, 0.15) is 0 Å². The molecule has 0 aliphatic rings. The van der Waals surface area contributed by atoms with Crippen molar-refractivity contribution < 1.29 is 23.1 Å². The molecule has 0 atom stereocenters. The zero-order valence-electron chi connectivity index (χ0n) is 9.42. The minimum atomic E-state index is -4.16. The van der Waals surface area contributed by atoms with Crippen LogP contribution in [0.15, 0.2) is 18.2 Å². The third kappa shape index (κ3) is 4.52. The van der Waals surface area contributed by atoms with E-state index in [2.05, 4.69) is 5.32 Å². The number of carboxylic acids is 1. The number of alkyl halides is 3. The predicted octanol–water partition coefficient (Wildman–Crippen LogP) is 2.72. The first kappa shape index (κ1) is 14.1. The molecule has 7 heteroatoms. The van der Waals surface area contributed by atoms with Gasteiger partial charge in [-0.15, -0.1) is 0 Å². The predicted molar refractivity (Wildman–Crippen MR) is 61.6 cm³/mol. The van der Waals surface area contributed by atoms with Crippen LogP contribution in [0.1, 0.15) is 23.2 Å². The highest BCUT2D eigenvalue weighted by molar-refractivity contribution is 5.94. The first-order valence-corrected chi connectivity index (χ1v) is 5.23. The van der Waals surface area contributed by atoms with Crippen LogP contribution in [0, 0.1) is 0 Å². The number of aromatic carboxylic acids is 1. The molecule has 0 bridgehead atoms. The van der Waals surface area contributed by atoms with Gasteiger partial charge in [-0.3, -0.25) is 0 Å². The molecular weight excluding hydrogens is 249 g/mol. The highest BCUT2D eigenvalue weighted by Gasteiger charge is 2.25. The second kappa shape index (κ2) is 5.61. The summed E-state index contributed by atoms with van der Waals surface area (Å²) in [5, 5.41) is 11.5. The van der Waals surface area contributed by atoms with Gasteiger partial charge in [0.2, 0.25) is 0 Å². The molecule has 4 nitrogen and oxygen atoms in total. The van der Waals surface area contributed by atoms with E-state index in [1.807, 2.05) is 0 Å². The summed E-state index contributed by atoms with van der Waals surface area (Å²) in [6, 6.07) is 4.16. The van der Waals surface area contributed by atoms with Crippen molar-refractivity contribution in [2.45, 2.75) is 19.0 Å². The van der Waals surface area contributed by atoms with E-state index < -0.39 is 18.6 Å². The Morgan fingerprint density at radius 2 is 2.06 bits per heavy atom. The second-order valence-electron chi connectivity index (χ2n) is 3.75. The molecule has 100 valence electrons. The van der Waals surface area contributed by atoms with Gasteiger partial charge >= 0.3 is 12.1 Å². The lowest BCUT2D eigenvalue weighted by Gasteiger charge is -2.09. The zero-order chi connectivity index (χ0) is 13.8. The van der Waals surface area contributed by atoms with Crippen molar-refractivity contribution in [1.29, 1.82) is 0 Å². The van der Waals surface area contributed by atoms with Crippen molar-refractivity contribution in [1.82, 2.24) is 0 Å². The largest absolute Gasteiger partial charge is 0.478 e. The number of anilines is 2. The van der Waals surface area contributed by atoms with Crippen LogP contribution in [0.4, 0.5) is 24.5 Å². The Morgan fingerprint density at radius 1 is 1.39 bits per heavy atom. The smallest absolute Gasteiger partial charge is 0.389 e. The first-order chi connectivity index (χ1) is 8.29. The van der Waals surface area contributed by atoms with E-state index in [4.69, 9.17) is 10.8 Å². The van der Waals surface area contributed by atoms with Crippen LogP contribution < -0.4 is 11.1 Å². The lowest BCUT2D eigenvalue weighted by molar-refractivity contribution is -0.134. The zero-order valence-corrected chi connectivity index (χ0v) is 9.42. The van der Waals surface area contributed by atoms with Crippen molar-refractivity contribution in [3.8, 4) is 0 Å². The fourth-order valence-corrected chi connectivity index (χ4v) is 1.39. The van der Waals surface area contributed by atoms with Crippen molar-refractivity contribution in [2.75, 3.05) is 17.6 Å². The van der Waals surface area contributed by atoms with E-state index in [0.717, 1.165) is 0 Å². The van der Waals surface area contributed by atoms with Crippen molar-refractivity contribution >= 4 is 17.3 Å². The van der Waals surface area contributed by atoms with E-state index in [9.17, 15) is 18.0 Å². The van der Waals surface area contributed by atoms with Gasteiger partial charge in [0.25, 0.3) is 0 Å². The fourth-order valence-electron chi connectivity index (χ4n) is 1.39. The number of halogens is 3. The van der Waals surface area contributed by atoms with Crippen molar-refractivity contribution in [3.63, 3.8) is 0 Å². The van der Waals surface area contributed by atoms with E-state index in [1.165, 1.54) is 18.2 Å². The van der Waals surface area contributed by atoms with Gasteiger partial charge in [-0.05, 0) is 24.6 Å². The number of carboxylic acid groups (broad SMARTS) is 1. The van der Waals surface area contributed by atoms with Gasteiger partial charge in [0, 0.05) is 24.3 Å². The minimum absolute atomic E-state index is 0.0316. The number of nitrogen functional groups attached to an aromatic ring is 1. The first-order valence-electron chi connectivity index (χ1n) is 5.23. The SMILES string of the molecule is Nc1cc(NCCCC(F)(F)F)ccc1C(=O)O. The molecule has 0 unspecified atom stereocenters. The number of carbonyl (C=O) groups is 1. The molecular formula is C11H13F3N2O2. The van der Waals surface area contributed by atoms with Gasteiger partial charge in [-0.1, -0.05) is 0 Å². The summed E-state index contributed by atoms with van der Waals surface area (Å²) in [6.45, 7) is 0.144. The van der Waals surface area contributed by atoms with E-state index in [1.54, 1.807) is 0 Å². The topological polar surface area (TPSA) is 75.3 Å². The normalized spacial score (nSPS) is 11.3. The molecule has 0 aliphatic heterocycles. The fraction of sp³-hybridized carbons (Fsp3) is 0.364. The summed E-state index contributed by atoms with van der Waals surface area (Å²) >= 11 is 0. The van der Waals surface area contributed by atoms with Crippen molar-refractivity contribution in [2.24, 2.45) is 0 Å². The Hall–Kier alpha value is -1.92. The van der Waals surface area contributed by atoms with Crippen molar-refractivity contribution in [3.05, 3.63) is 23.8 Å². The van der Waals surface area contributed by atoms with Gasteiger partial charge in [0.15, 0.2) is 0 Å². The summed E-state index contributed by atoms with van der Waals surface area (Å²) < 4.78 is 35.6. The molecule has 0 saturated carbocycles. The van der Waals surface area contributed by atoms with Crippen LogP contribution in [0.3, 0.4) is 0 Å². The van der Waals surface area contributed by atoms with Crippen LogP contribution in [0.25, 0.3) is 0 Å². The average Bonchev–Trinajstić information content (AvgIpc) is 2.22. The van der Waals surface area contributed by atoms with Gasteiger partial charge in [-0.25, -0.2) is 4.79 Å². The number of rotatable bonds is 5. The molecule has 4 N–H and O–H groups in total. The highest BCUT2D eigenvalue weighted by atomic mass is 19.4. The number of hydrogen-bond acceptors (Lipinski definition) is 3. The van der Waals surface area contributed by atoms with Crippen LogP contribution in [-0.4, -0.2) is 23.8 Å². The summed E-state index contributed by atoms with van der Waals surface area (Å²) in [4.78, 5) is 10.7. The molecule has 0 heterocycles. The Labute approximate surface area is 102 Å². The summed E-state index contributed by atoms with van der Waals surface area (Å²) in [5.74, 6) is -1.14. The molecule has 0 spiro atoms. The molecule has 1 rings (SSSR count). The molecule has 1 aromatic rings. The lowest BCUT2D eigenvalue weighted by Crippen LogP contribution is -2.11. The Kier molecular flexibility index (Phi) is 4.41. The summed E-state index contributed by atoms with van der Waals surface area (Å²) in [6.07, 6.45) is -5.07. The molecule has 1 aromatic carbocycles. The summed E-state index contributed by atoms with van der Waals surface area (Å²) in [5.41, 5.74) is 6.04. The van der Waals surface area contributed by atoms with E-state index in [-0.39, 0.29) is 24.2 Å². The van der Waals surface area contributed by atoms with Crippen LogP contribution in [-0.2, 0) is 0 Å². The lowest BCUT2D eigenvalue weighted by atomic mass is 10.1. The number of nitrogens with two attached hydrogens (primary N) is 1. The number of benzene rings is 1. The maximum atomic E-state index is 11.9. The maximum Gasteiger partial charge on any atom is 0.389 e. The maximum absolute atomic E-state index is 11.9. The Bertz CT molecular complexity index is 433. The third-order valence-electron chi connectivity index (χ3n) is 2.25. The highest BCUT2D eigenvalue weighted by Crippen LogP contribution is 2.22. The molecule has 18 heavy (non-hydrogen) atoms. The third-order valence-corrected chi connectivity index (χ3v) is 2.25. The minimum Gasteiger partial charge on any atom is -0.478 e. The van der Waals surface area contributed by atoms with Gasteiger partial charge in [0.05, 0.1) is 5.56 Å². The van der Waals surface area contributed by atoms with E-state index in [0.29, 0.717) is 5.69 Å². The Balaban J connectivity index is 2.49. The van der Waals surface area contributed by atoms with Gasteiger partial charge < -0.3 is 16.2 Å². The Morgan fingerprint density at radius 3 is 2.56 bits per heavy atom. The molecule has 0 aromatic heterocycles. The number of hydrogen-bond donors (Lipinski definition) is 3. The quantitative estimate of drug-likeness (QED) is 0.563. The molecule has 0 aliphatic carbocycles. The van der Waals surface area contributed by atoms with Crippen LogP contribution >= 0.6 is 0 Å². The standard InChI is InChI=1S/C11H13F3N2O2/c12-11(13,14)4-1-5-16-7-2-3-8(10(17)18)9(15)6-7/h2-3,6,16H,1,4-5,15H2,(H,17,18).